The van der Waals surface area contributed by atoms with Crippen molar-refractivity contribution in [2.24, 2.45) is 0 Å². The topological polar surface area (TPSA) is 492 Å². The first-order valence-corrected chi connectivity index (χ1v) is 38.2. The highest BCUT2D eigenvalue weighted by Crippen LogP contribution is 2.40. The predicted molar refractivity (Wildman–Crippen MR) is 406 cm³/mol. The van der Waals surface area contributed by atoms with Crippen LogP contribution in [0.1, 0.15) is 210 Å². The summed E-state index contributed by atoms with van der Waals surface area (Å²) in [6.07, 6.45) is 5.16. The van der Waals surface area contributed by atoms with E-state index in [9.17, 15) is 81.5 Å². The van der Waals surface area contributed by atoms with E-state index in [-0.39, 0.29) is 18.9 Å². The lowest BCUT2D eigenvalue weighted by Gasteiger charge is -2.32. The standard InChI is InChI=1S/C72H118N16O18S2/c1-38(73-48(89)34-30-26-29-33-47-35-36-107-108-47)49(90)81-65(9,10)57(98)74-39(2)50(91)82-66(11,12)58(99)75-40(3)51(92)83-67(13,14)59(100)76-41(4)52(93)84-68(15,16)60(101)77-42(5)53(94)85-69(17,18)61(102)78-43(6)54(95)86-70(19,20)62(103)79-44(7)55(96)87-71(21,22)63(104)80-45(8)56(97)88-72(23,24)64(105)106-37-46-31-27-25-28-32-46/h25,27-28,31-32,38-45,47H,26,29-30,33-37H2,1-24H3,(H,73,89)(H,74,98)(H,75,99)(H,76,100)(H,77,101)(H,78,102)(H,79,103)(H,80,104)(H,81,90)(H,82,91)(H,83,92)(H,84,93)(H,85,94)(H,86,95)(H,87,96)(H,88,97)/t38-,39-,40-,41-,42-,43-,44-,45-,47?/m0/s1. The Bertz CT molecular complexity index is 3480. The minimum Gasteiger partial charge on any atom is -0.459 e. The molecule has 0 saturated carbocycles. The number of amides is 16. The molecule has 606 valence electrons. The molecule has 1 saturated heterocycles. The van der Waals surface area contributed by atoms with Crippen LogP contribution in [0.2, 0.25) is 0 Å². The lowest BCUT2D eigenvalue weighted by atomic mass is 10.0. The Morgan fingerprint density at radius 2 is 0.583 bits per heavy atom. The summed E-state index contributed by atoms with van der Waals surface area (Å²) < 4.78 is 5.36. The number of rotatable bonds is 40. The third-order valence-electron chi connectivity index (χ3n) is 17.3. The molecule has 108 heavy (non-hydrogen) atoms. The third-order valence-corrected chi connectivity index (χ3v) is 20.3. The summed E-state index contributed by atoms with van der Waals surface area (Å²) in [5.74, 6) is -12.1. The van der Waals surface area contributed by atoms with Crippen LogP contribution in [0.3, 0.4) is 0 Å². The van der Waals surface area contributed by atoms with Gasteiger partial charge in [0.05, 0.1) is 0 Å². The second kappa shape index (κ2) is 39.8. The Kier molecular flexibility index (Phi) is 35.0. The number of hydrogen-bond donors (Lipinski definition) is 16. The molecule has 16 N–H and O–H groups in total. The van der Waals surface area contributed by atoms with Gasteiger partial charge in [-0.25, -0.2) is 4.79 Å². The molecule has 0 bridgehead atoms. The van der Waals surface area contributed by atoms with Crippen molar-refractivity contribution in [3.8, 4) is 0 Å². The van der Waals surface area contributed by atoms with Gasteiger partial charge in [-0.15, -0.1) is 0 Å². The summed E-state index contributed by atoms with van der Waals surface area (Å²) in [5.41, 5.74) is -12.5. The van der Waals surface area contributed by atoms with E-state index in [1.807, 2.05) is 27.7 Å². The van der Waals surface area contributed by atoms with Crippen LogP contribution >= 0.6 is 21.6 Å². The molecule has 9 atom stereocenters. The number of ether oxygens (including phenoxy) is 1. The quantitative estimate of drug-likeness (QED) is 0.0234. The Labute approximate surface area is 641 Å². The summed E-state index contributed by atoms with van der Waals surface area (Å²) in [4.78, 5) is 226. The van der Waals surface area contributed by atoms with Gasteiger partial charge in [-0.2, -0.15) is 0 Å². The minimum absolute atomic E-state index is 0.0284. The van der Waals surface area contributed by atoms with Crippen LogP contribution in [0.25, 0.3) is 0 Å². The third kappa shape index (κ3) is 30.5. The fourth-order valence-electron chi connectivity index (χ4n) is 9.56. The van der Waals surface area contributed by atoms with E-state index in [2.05, 4.69) is 85.1 Å². The van der Waals surface area contributed by atoms with Crippen molar-refractivity contribution in [2.75, 3.05) is 5.75 Å². The summed E-state index contributed by atoms with van der Waals surface area (Å²) in [7, 11) is 3.80. The van der Waals surface area contributed by atoms with Crippen molar-refractivity contribution in [2.45, 2.75) is 309 Å². The van der Waals surface area contributed by atoms with Crippen molar-refractivity contribution in [3.63, 3.8) is 0 Å². The maximum Gasteiger partial charge on any atom is 0.331 e. The van der Waals surface area contributed by atoms with E-state index >= 15 is 0 Å². The molecule has 0 aromatic heterocycles. The van der Waals surface area contributed by atoms with Gasteiger partial charge in [0, 0.05) is 17.4 Å². The number of benzene rings is 1. The molecule has 1 aliphatic rings. The first kappa shape index (κ1) is 95.0. The first-order chi connectivity index (χ1) is 49.3. The predicted octanol–water partition coefficient (Wildman–Crippen LogP) is 0.0300. The van der Waals surface area contributed by atoms with Crippen molar-refractivity contribution in [3.05, 3.63) is 35.9 Å². The highest BCUT2D eigenvalue weighted by molar-refractivity contribution is 8.77. The van der Waals surface area contributed by atoms with E-state index in [1.54, 1.807) is 24.3 Å². The molecule has 16 amide bonds. The second-order valence-electron chi connectivity index (χ2n) is 31.6. The fourth-order valence-corrected chi connectivity index (χ4v) is 12.6. The molecule has 1 aromatic rings. The Morgan fingerprint density at radius 3 is 0.824 bits per heavy atom. The van der Waals surface area contributed by atoms with Gasteiger partial charge in [0.2, 0.25) is 94.5 Å². The number of nitrogens with one attached hydrogen (secondary N) is 16. The number of carbonyl (C=O) groups excluding carboxylic acids is 17. The number of carbonyl (C=O) groups is 17. The van der Waals surface area contributed by atoms with Crippen molar-refractivity contribution >= 4 is 122 Å². The van der Waals surface area contributed by atoms with E-state index in [0.717, 1.165) is 30.6 Å². The molecule has 1 aliphatic heterocycles. The largest absolute Gasteiger partial charge is 0.459 e. The monoisotopic (exact) mass is 1560 g/mol. The zero-order chi connectivity index (χ0) is 83.2. The molecule has 1 unspecified atom stereocenters. The smallest absolute Gasteiger partial charge is 0.331 e. The number of esters is 1. The molecule has 1 aromatic carbocycles. The molecule has 0 radical (unpaired) electrons. The normalized spacial score (nSPS) is 15.7. The first-order valence-electron chi connectivity index (χ1n) is 35.8. The molecular formula is C72H118N16O18S2. The molecule has 0 spiro atoms. The van der Waals surface area contributed by atoms with Gasteiger partial charge in [0.1, 0.15) is 99.3 Å². The van der Waals surface area contributed by atoms with Crippen LogP contribution in [0.5, 0.6) is 0 Å². The van der Waals surface area contributed by atoms with Crippen molar-refractivity contribution < 1.29 is 86.2 Å². The van der Waals surface area contributed by atoms with Crippen LogP contribution in [-0.4, -0.2) is 204 Å². The maximum absolute atomic E-state index is 13.6. The van der Waals surface area contributed by atoms with Gasteiger partial charge in [-0.3, -0.25) is 76.7 Å². The van der Waals surface area contributed by atoms with Crippen molar-refractivity contribution in [1.82, 2.24) is 85.1 Å². The summed E-state index contributed by atoms with van der Waals surface area (Å²) in [5, 5.41) is 40.8. The molecule has 34 nitrogen and oxygen atoms in total. The van der Waals surface area contributed by atoms with Crippen LogP contribution in [0.15, 0.2) is 30.3 Å². The van der Waals surface area contributed by atoms with Crippen LogP contribution in [-0.2, 0) is 92.9 Å². The van der Waals surface area contributed by atoms with Crippen LogP contribution in [0, 0.1) is 0 Å². The Hall–Kier alpha value is -9.09. The SMILES string of the molecule is C[C@H](NC(=O)CCCCCC1CCSS1)C(=O)NC(C)(C)C(=O)N[C@@H](C)C(=O)NC(C)(C)C(=O)N[C@@H](C)C(=O)NC(C)(C)C(=O)N[C@@H](C)C(=O)NC(C)(C)C(=O)N[C@@H](C)C(=O)NC(C)(C)C(=O)N[C@@H](C)C(=O)NC(C)(C)C(=O)N[C@@H](C)C(=O)NC(C)(C)C(=O)N[C@@H](C)C(=O)NC(C)(C)C(=O)OCc1ccccc1. The van der Waals surface area contributed by atoms with E-state index in [0.29, 0.717) is 11.7 Å². The van der Waals surface area contributed by atoms with Gasteiger partial charge < -0.3 is 89.8 Å². The molecule has 1 fully saturated rings. The van der Waals surface area contributed by atoms with E-state index in [1.165, 1.54) is 173 Å². The van der Waals surface area contributed by atoms with Crippen molar-refractivity contribution in [1.29, 1.82) is 0 Å². The fraction of sp³-hybridized carbons (Fsp3) is 0.681. The van der Waals surface area contributed by atoms with E-state index in [4.69, 9.17) is 4.74 Å². The lowest BCUT2D eigenvalue weighted by molar-refractivity contribution is -0.153. The molecule has 0 aliphatic carbocycles. The average molecular weight is 1560 g/mol. The zero-order valence-electron chi connectivity index (χ0n) is 66.9. The molecule has 2 rings (SSSR count). The Balaban J connectivity index is 1.87. The number of unbranched alkanes of at least 4 members (excludes halogenated alkanes) is 2. The average Bonchev–Trinajstić information content (AvgIpc) is 1.25. The van der Waals surface area contributed by atoms with Gasteiger partial charge in [0.25, 0.3) is 0 Å². The van der Waals surface area contributed by atoms with Crippen LogP contribution in [0.4, 0.5) is 0 Å². The summed E-state index contributed by atoms with van der Waals surface area (Å²) >= 11 is 0. The molecular weight excluding hydrogens is 1440 g/mol. The van der Waals surface area contributed by atoms with E-state index < -0.39 is 187 Å². The minimum atomic E-state index is -1.74. The highest BCUT2D eigenvalue weighted by atomic mass is 33.1. The highest BCUT2D eigenvalue weighted by Gasteiger charge is 2.43. The zero-order valence-corrected chi connectivity index (χ0v) is 68.5. The van der Waals surface area contributed by atoms with Gasteiger partial charge >= 0.3 is 5.97 Å². The lowest BCUT2D eigenvalue weighted by Crippen LogP contribution is -2.65. The van der Waals surface area contributed by atoms with Gasteiger partial charge in [0.15, 0.2) is 0 Å². The molecule has 1 heterocycles. The maximum atomic E-state index is 13.6. The van der Waals surface area contributed by atoms with Crippen LogP contribution < -0.4 is 85.1 Å². The summed E-state index contributed by atoms with van der Waals surface area (Å²) in [6.45, 7) is 32.3. The van der Waals surface area contributed by atoms with Gasteiger partial charge in [-0.05, 0) is 191 Å². The molecule has 36 heteroatoms. The Morgan fingerprint density at radius 1 is 0.343 bits per heavy atom. The summed E-state index contributed by atoms with van der Waals surface area (Å²) in [6, 6.07) is -1.06. The number of hydrogen-bond acceptors (Lipinski definition) is 20. The van der Waals surface area contributed by atoms with Gasteiger partial charge in [-0.1, -0.05) is 64.8 Å². The second-order valence-corrected chi connectivity index (χ2v) is 34.3.